The van der Waals surface area contributed by atoms with E-state index in [-0.39, 0.29) is 6.04 Å². The molecule has 5 nitrogen and oxygen atoms in total. The van der Waals surface area contributed by atoms with Gasteiger partial charge >= 0.3 is 0 Å². The van der Waals surface area contributed by atoms with Gasteiger partial charge in [0.25, 0.3) is 0 Å². The normalized spacial score (nSPS) is 20.6. The molecule has 0 bridgehead atoms. The second-order valence-corrected chi connectivity index (χ2v) is 7.19. The van der Waals surface area contributed by atoms with Gasteiger partial charge in [0.15, 0.2) is 0 Å². The van der Waals surface area contributed by atoms with Crippen molar-refractivity contribution < 1.29 is 8.42 Å². The average molecular weight is 299 g/mol. The zero-order valence-corrected chi connectivity index (χ0v) is 13.4. The van der Waals surface area contributed by atoms with Gasteiger partial charge in [0.2, 0.25) is 10.0 Å². The number of sulfonamides is 1. The Balaban J connectivity index is 2.34. The highest BCUT2D eigenvalue weighted by Crippen LogP contribution is 2.28. The standard InChI is InChI=1S/C14H25N3O2S/c1-4-12-7-6-8-17(12)20(18,19)14-9-13(10-15-3)16(5-2)11-14/h9,11-12,15H,4-8,10H2,1-3H3. The largest absolute Gasteiger partial charge is 0.349 e. The molecule has 6 heteroatoms. The van der Waals surface area contributed by atoms with E-state index in [9.17, 15) is 8.42 Å². The van der Waals surface area contributed by atoms with Gasteiger partial charge in [-0.25, -0.2) is 8.42 Å². The third-order valence-corrected chi connectivity index (χ3v) is 5.98. The minimum Gasteiger partial charge on any atom is -0.349 e. The van der Waals surface area contributed by atoms with E-state index in [1.807, 2.05) is 18.5 Å². The maximum absolute atomic E-state index is 12.8. The van der Waals surface area contributed by atoms with E-state index in [1.54, 1.807) is 16.6 Å². The van der Waals surface area contributed by atoms with E-state index in [0.29, 0.717) is 18.0 Å². The molecule has 0 radical (unpaired) electrons. The molecule has 0 spiro atoms. The number of nitrogens with one attached hydrogen (secondary N) is 1. The van der Waals surface area contributed by atoms with Gasteiger partial charge < -0.3 is 9.88 Å². The lowest BCUT2D eigenvalue weighted by Crippen LogP contribution is -2.34. The van der Waals surface area contributed by atoms with Crippen LogP contribution in [0.25, 0.3) is 0 Å². The maximum atomic E-state index is 12.8. The molecule has 2 heterocycles. The highest BCUT2D eigenvalue weighted by Gasteiger charge is 2.34. The molecule has 1 aliphatic rings. The number of hydrogen-bond acceptors (Lipinski definition) is 3. The summed E-state index contributed by atoms with van der Waals surface area (Å²) in [6.07, 6.45) is 4.60. The molecule has 1 fully saturated rings. The minimum atomic E-state index is -3.35. The van der Waals surface area contributed by atoms with Gasteiger partial charge in [-0.3, -0.25) is 0 Å². The summed E-state index contributed by atoms with van der Waals surface area (Å²) in [5.74, 6) is 0. The van der Waals surface area contributed by atoms with Crippen molar-refractivity contribution in [2.75, 3.05) is 13.6 Å². The summed E-state index contributed by atoms with van der Waals surface area (Å²) in [4.78, 5) is 0.435. The van der Waals surface area contributed by atoms with Crippen LogP contribution in [0.15, 0.2) is 17.2 Å². The third kappa shape index (κ3) is 2.77. The lowest BCUT2D eigenvalue weighted by Gasteiger charge is -2.22. The first-order valence-corrected chi connectivity index (χ1v) is 8.84. The Bertz CT molecular complexity index is 551. The Morgan fingerprint density at radius 2 is 2.15 bits per heavy atom. The van der Waals surface area contributed by atoms with E-state index in [4.69, 9.17) is 0 Å². The van der Waals surface area contributed by atoms with Gasteiger partial charge in [-0.05, 0) is 39.3 Å². The summed E-state index contributed by atoms with van der Waals surface area (Å²) in [7, 11) is -1.48. The Morgan fingerprint density at radius 1 is 1.40 bits per heavy atom. The van der Waals surface area contributed by atoms with Crippen molar-refractivity contribution in [3.8, 4) is 0 Å². The fourth-order valence-corrected chi connectivity index (χ4v) is 4.79. The smallest absolute Gasteiger partial charge is 0.244 e. The van der Waals surface area contributed by atoms with Crippen molar-refractivity contribution in [2.24, 2.45) is 0 Å². The van der Waals surface area contributed by atoms with Gasteiger partial charge in [-0.15, -0.1) is 0 Å². The molecule has 0 saturated carbocycles. The van der Waals surface area contributed by atoms with Crippen LogP contribution in [-0.2, 0) is 23.1 Å². The molecule has 1 unspecified atom stereocenters. The summed E-state index contributed by atoms with van der Waals surface area (Å²) < 4.78 is 29.2. The zero-order valence-electron chi connectivity index (χ0n) is 12.6. The minimum absolute atomic E-state index is 0.165. The van der Waals surface area contributed by atoms with E-state index in [2.05, 4.69) is 12.2 Å². The van der Waals surface area contributed by atoms with Crippen LogP contribution in [-0.4, -0.2) is 36.9 Å². The number of aryl methyl sites for hydroxylation is 1. The van der Waals surface area contributed by atoms with E-state index < -0.39 is 10.0 Å². The van der Waals surface area contributed by atoms with E-state index in [0.717, 1.165) is 31.5 Å². The van der Waals surface area contributed by atoms with Gasteiger partial charge in [-0.1, -0.05) is 6.92 Å². The van der Waals surface area contributed by atoms with Crippen LogP contribution in [0.2, 0.25) is 0 Å². The monoisotopic (exact) mass is 299 g/mol. The quantitative estimate of drug-likeness (QED) is 0.871. The second-order valence-electron chi connectivity index (χ2n) is 5.30. The molecule has 0 amide bonds. The zero-order chi connectivity index (χ0) is 14.8. The molecular formula is C14H25N3O2S. The summed E-state index contributed by atoms with van der Waals surface area (Å²) in [6.45, 7) is 6.20. The number of nitrogens with zero attached hydrogens (tertiary/aromatic N) is 2. The maximum Gasteiger partial charge on any atom is 0.244 e. The van der Waals surface area contributed by atoms with E-state index in [1.165, 1.54) is 0 Å². The van der Waals surface area contributed by atoms with Crippen molar-refractivity contribution >= 4 is 10.0 Å². The molecule has 1 aliphatic heterocycles. The topological polar surface area (TPSA) is 54.3 Å². The van der Waals surface area contributed by atoms with Crippen molar-refractivity contribution in [3.05, 3.63) is 18.0 Å². The van der Waals surface area contributed by atoms with Crippen LogP contribution in [0.5, 0.6) is 0 Å². The molecule has 1 saturated heterocycles. The first-order valence-electron chi connectivity index (χ1n) is 7.40. The van der Waals surface area contributed by atoms with Crippen molar-refractivity contribution in [3.63, 3.8) is 0 Å². The summed E-state index contributed by atoms with van der Waals surface area (Å²) in [5.41, 5.74) is 1.01. The van der Waals surface area contributed by atoms with Gasteiger partial charge in [0, 0.05) is 37.6 Å². The molecule has 1 atom stereocenters. The van der Waals surface area contributed by atoms with Crippen molar-refractivity contribution in [1.82, 2.24) is 14.2 Å². The van der Waals surface area contributed by atoms with Crippen LogP contribution in [0.1, 0.15) is 38.8 Å². The SMILES string of the molecule is CCC1CCCN1S(=O)(=O)c1cc(CNC)n(CC)c1. The summed E-state index contributed by atoms with van der Waals surface area (Å²) in [5, 5.41) is 3.08. The predicted molar refractivity (Wildman–Crippen MR) is 80.1 cm³/mol. The Morgan fingerprint density at radius 3 is 2.75 bits per heavy atom. The molecule has 20 heavy (non-hydrogen) atoms. The fourth-order valence-electron chi connectivity index (χ4n) is 2.96. The fraction of sp³-hybridized carbons (Fsp3) is 0.714. The molecule has 114 valence electrons. The molecule has 1 aromatic rings. The molecular weight excluding hydrogens is 274 g/mol. The van der Waals surface area contributed by atoms with Crippen molar-refractivity contribution in [2.45, 2.75) is 57.1 Å². The van der Waals surface area contributed by atoms with Crippen LogP contribution >= 0.6 is 0 Å². The predicted octanol–water partition coefficient (Wildman–Crippen LogP) is 1.79. The Kier molecular flexibility index (Phi) is 4.88. The first-order chi connectivity index (χ1) is 9.54. The molecule has 1 N–H and O–H groups in total. The van der Waals surface area contributed by atoms with Crippen LogP contribution in [0.4, 0.5) is 0 Å². The third-order valence-electron chi connectivity index (χ3n) is 4.06. The van der Waals surface area contributed by atoms with Crippen LogP contribution in [0, 0.1) is 0 Å². The lowest BCUT2D eigenvalue weighted by atomic mass is 10.2. The highest BCUT2D eigenvalue weighted by molar-refractivity contribution is 7.89. The average Bonchev–Trinajstić information content (AvgIpc) is 3.05. The summed E-state index contributed by atoms with van der Waals surface area (Å²) >= 11 is 0. The Hall–Kier alpha value is -0.850. The molecule has 0 aromatic carbocycles. The van der Waals surface area contributed by atoms with Gasteiger partial charge in [-0.2, -0.15) is 4.31 Å². The highest BCUT2D eigenvalue weighted by atomic mass is 32.2. The van der Waals surface area contributed by atoms with Crippen LogP contribution in [0.3, 0.4) is 0 Å². The Labute approximate surface area is 122 Å². The van der Waals surface area contributed by atoms with Gasteiger partial charge in [0.05, 0.1) is 0 Å². The molecule has 0 aliphatic carbocycles. The van der Waals surface area contributed by atoms with Crippen LogP contribution < -0.4 is 5.32 Å². The molecule has 1 aromatic heterocycles. The number of hydrogen-bond donors (Lipinski definition) is 1. The summed E-state index contributed by atoms with van der Waals surface area (Å²) in [6, 6.07) is 1.97. The lowest BCUT2D eigenvalue weighted by molar-refractivity contribution is 0.379. The first kappa shape index (κ1) is 15.5. The molecule has 2 rings (SSSR count). The second kappa shape index (κ2) is 6.28. The number of rotatable bonds is 6. The van der Waals surface area contributed by atoms with Crippen molar-refractivity contribution in [1.29, 1.82) is 0 Å². The van der Waals surface area contributed by atoms with E-state index >= 15 is 0 Å². The van der Waals surface area contributed by atoms with Gasteiger partial charge in [0.1, 0.15) is 4.90 Å². The number of aromatic nitrogens is 1.